The van der Waals surface area contributed by atoms with E-state index in [9.17, 15) is 16.8 Å². The Morgan fingerprint density at radius 2 is 1.71 bits per heavy atom. The van der Waals surface area contributed by atoms with E-state index in [0.29, 0.717) is 10.6 Å². The minimum atomic E-state index is -3.80. The lowest BCUT2D eigenvalue weighted by molar-refractivity contribution is 0.310. The molecule has 0 spiro atoms. The van der Waals surface area contributed by atoms with Crippen LogP contribution in [0.1, 0.15) is 12.5 Å². The number of benzene rings is 1. The molecule has 0 N–H and O–H groups in total. The molecule has 1 saturated heterocycles. The first kappa shape index (κ1) is 17.0. The first-order valence-electron chi connectivity index (χ1n) is 6.27. The number of rotatable bonds is 4. The van der Waals surface area contributed by atoms with Crippen molar-refractivity contribution in [3.63, 3.8) is 0 Å². The average molecular weight is 372 g/mol. The van der Waals surface area contributed by atoms with Gasteiger partial charge in [0.05, 0.1) is 10.3 Å². The van der Waals surface area contributed by atoms with Crippen LogP contribution in [0.25, 0.3) is 0 Å². The topological polar surface area (TPSA) is 71.5 Å². The largest absolute Gasteiger partial charge is 0.244 e. The van der Waals surface area contributed by atoms with Gasteiger partial charge in [-0.05, 0) is 24.6 Å². The molecule has 2 rings (SSSR count). The zero-order valence-electron chi connectivity index (χ0n) is 11.5. The van der Waals surface area contributed by atoms with Crippen LogP contribution in [0.15, 0.2) is 17.0 Å². The molecule has 118 valence electrons. The van der Waals surface area contributed by atoms with Gasteiger partial charge >= 0.3 is 0 Å². The summed E-state index contributed by atoms with van der Waals surface area (Å²) in [4.78, 5) is -0.0431. The second-order valence-corrected chi connectivity index (χ2v) is 10.2. The third-order valence-electron chi connectivity index (χ3n) is 3.56. The highest BCUT2D eigenvalue weighted by molar-refractivity contribution is 7.92. The number of halogens is 2. The van der Waals surface area contributed by atoms with Crippen molar-refractivity contribution in [1.82, 2.24) is 4.31 Å². The summed E-state index contributed by atoms with van der Waals surface area (Å²) in [5.41, 5.74) is 0.595. The molecular formula is C12H15Cl2NO4S2. The number of hydrogen-bond acceptors (Lipinski definition) is 4. The van der Waals surface area contributed by atoms with Gasteiger partial charge < -0.3 is 0 Å². The molecule has 0 unspecified atom stereocenters. The van der Waals surface area contributed by atoms with E-state index in [-0.39, 0.29) is 28.8 Å². The number of sulfone groups is 1. The Bertz CT molecular complexity index is 769. The van der Waals surface area contributed by atoms with Crippen LogP contribution < -0.4 is 0 Å². The molecule has 1 aliphatic heterocycles. The van der Waals surface area contributed by atoms with E-state index in [1.165, 1.54) is 12.1 Å². The Balaban J connectivity index is 2.28. The smallest absolute Gasteiger partial charge is 0.228 e. The highest BCUT2D eigenvalue weighted by atomic mass is 35.5. The zero-order chi connectivity index (χ0) is 16.0. The van der Waals surface area contributed by atoms with Crippen molar-refractivity contribution in [3.05, 3.63) is 27.7 Å². The summed E-state index contributed by atoms with van der Waals surface area (Å²) in [5, 5.41) is -0.217. The van der Waals surface area contributed by atoms with Gasteiger partial charge in [0.25, 0.3) is 0 Å². The number of sulfonamides is 1. The first-order valence-corrected chi connectivity index (χ1v) is 10.2. The molecule has 0 aliphatic carbocycles. The summed E-state index contributed by atoms with van der Waals surface area (Å²) in [7, 11) is -7.02. The summed E-state index contributed by atoms with van der Waals surface area (Å²) >= 11 is 11.8. The predicted molar refractivity (Wildman–Crippen MR) is 83.2 cm³/mol. The van der Waals surface area contributed by atoms with Crippen molar-refractivity contribution in [2.75, 3.05) is 18.8 Å². The van der Waals surface area contributed by atoms with Crippen molar-refractivity contribution in [1.29, 1.82) is 0 Å². The monoisotopic (exact) mass is 371 g/mol. The fraction of sp³-hybridized carbons (Fsp3) is 0.500. The molecule has 5 nitrogen and oxygen atoms in total. The van der Waals surface area contributed by atoms with Crippen LogP contribution in [0.3, 0.4) is 0 Å². The van der Waals surface area contributed by atoms with E-state index >= 15 is 0 Å². The van der Waals surface area contributed by atoms with Crippen LogP contribution in [-0.2, 0) is 19.9 Å². The Labute approximate surface area is 134 Å². The highest BCUT2D eigenvalue weighted by Crippen LogP contribution is 2.33. The maximum absolute atomic E-state index is 12.5. The molecule has 0 aromatic heterocycles. The number of nitrogens with zero attached hydrogens (tertiary/aromatic N) is 1. The maximum atomic E-state index is 12.5. The summed E-state index contributed by atoms with van der Waals surface area (Å²) in [6.07, 6.45) is 0. The molecular weight excluding hydrogens is 357 g/mol. The second kappa shape index (κ2) is 5.70. The molecule has 1 heterocycles. The molecule has 0 amide bonds. The fourth-order valence-corrected chi connectivity index (χ4v) is 5.84. The Kier molecular flexibility index (Phi) is 4.62. The van der Waals surface area contributed by atoms with Gasteiger partial charge in [-0.2, -0.15) is 4.31 Å². The number of hydrogen-bond donors (Lipinski definition) is 0. The maximum Gasteiger partial charge on any atom is 0.244 e. The average Bonchev–Trinajstić information content (AvgIpc) is 2.30. The lowest BCUT2D eigenvalue weighted by atomic mass is 10.2. The molecule has 1 aliphatic rings. The van der Waals surface area contributed by atoms with Crippen LogP contribution in [0.2, 0.25) is 10.0 Å². The minimum absolute atomic E-state index is 0.00631. The second-order valence-electron chi connectivity index (χ2n) is 4.93. The van der Waals surface area contributed by atoms with Gasteiger partial charge in [0.2, 0.25) is 10.0 Å². The quantitative estimate of drug-likeness (QED) is 0.812. The predicted octanol–water partition coefficient (Wildman–Crippen LogP) is 2.11. The van der Waals surface area contributed by atoms with Crippen molar-refractivity contribution in [2.45, 2.75) is 24.0 Å². The molecule has 0 atom stereocenters. The van der Waals surface area contributed by atoms with E-state index in [1.54, 1.807) is 13.8 Å². The summed E-state index contributed by atoms with van der Waals surface area (Å²) in [6, 6.07) is 2.78. The first-order chi connectivity index (χ1) is 9.59. The normalized spacial score (nSPS) is 17.7. The standard InChI is InChI=1S/C12H15Cl2NO4S2/c1-3-20(16,17)9-6-15(7-9)21(18,19)12-4-8(2)10(13)5-11(12)14/h4-5,9H,3,6-7H2,1-2H3. The van der Waals surface area contributed by atoms with Gasteiger partial charge in [0.1, 0.15) is 4.90 Å². The molecule has 21 heavy (non-hydrogen) atoms. The Hall–Kier alpha value is -0.340. The highest BCUT2D eigenvalue weighted by Gasteiger charge is 2.43. The van der Waals surface area contributed by atoms with Crippen molar-refractivity contribution >= 4 is 43.1 Å². The van der Waals surface area contributed by atoms with E-state index in [1.807, 2.05) is 0 Å². The van der Waals surface area contributed by atoms with Crippen molar-refractivity contribution in [2.24, 2.45) is 0 Å². The molecule has 1 aromatic carbocycles. The van der Waals surface area contributed by atoms with Crippen LogP contribution >= 0.6 is 23.2 Å². The molecule has 1 fully saturated rings. The lowest BCUT2D eigenvalue weighted by Crippen LogP contribution is -2.57. The van der Waals surface area contributed by atoms with E-state index in [2.05, 4.69) is 0 Å². The van der Waals surface area contributed by atoms with Crippen molar-refractivity contribution in [3.8, 4) is 0 Å². The van der Waals surface area contributed by atoms with E-state index in [4.69, 9.17) is 23.2 Å². The molecule has 9 heteroatoms. The van der Waals surface area contributed by atoms with Gasteiger partial charge in [0, 0.05) is 23.9 Å². The molecule has 1 aromatic rings. The number of aryl methyl sites for hydroxylation is 1. The van der Waals surface area contributed by atoms with E-state index in [0.717, 1.165) is 4.31 Å². The van der Waals surface area contributed by atoms with Crippen LogP contribution in [0.4, 0.5) is 0 Å². The van der Waals surface area contributed by atoms with E-state index < -0.39 is 25.1 Å². The SMILES string of the molecule is CCS(=O)(=O)C1CN(S(=O)(=O)c2cc(C)c(Cl)cc2Cl)C1. The zero-order valence-corrected chi connectivity index (χ0v) is 14.7. The molecule has 0 bridgehead atoms. The van der Waals surface area contributed by atoms with Crippen LogP contribution in [-0.4, -0.2) is 45.2 Å². The van der Waals surface area contributed by atoms with Gasteiger partial charge in [-0.15, -0.1) is 0 Å². The third-order valence-corrected chi connectivity index (χ3v) is 8.38. The van der Waals surface area contributed by atoms with Crippen LogP contribution in [0, 0.1) is 6.92 Å². The minimum Gasteiger partial charge on any atom is -0.228 e. The Morgan fingerprint density at radius 3 is 2.24 bits per heavy atom. The van der Waals surface area contributed by atoms with Gasteiger partial charge in [-0.1, -0.05) is 30.1 Å². The van der Waals surface area contributed by atoms with Crippen molar-refractivity contribution < 1.29 is 16.8 Å². The van der Waals surface area contributed by atoms with Gasteiger partial charge in [-0.3, -0.25) is 0 Å². The fourth-order valence-electron chi connectivity index (χ4n) is 2.03. The summed E-state index contributed by atoms with van der Waals surface area (Å²) in [6.45, 7) is 3.16. The van der Waals surface area contributed by atoms with Gasteiger partial charge in [0.15, 0.2) is 9.84 Å². The molecule has 0 saturated carbocycles. The van der Waals surface area contributed by atoms with Crippen LogP contribution in [0.5, 0.6) is 0 Å². The summed E-state index contributed by atoms with van der Waals surface area (Å²) in [5.74, 6) is 0.00631. The lowest BCUT2D eigenvalue weighted by Gasteiger charge is -2.37. The van der Waals surface area contributed by atoms with Gasteiger partial charge in [-0.25, -0.2) is 16.8 Å². The molecule has 0 radical (unpaired) electrons. The summed E-state index contributed by atoms with van der Waals surface area (Å²) < 4.78 is 49.4. The Morgan fingerprint density at radius 1 is 1.14 bits per heavy atom. The third kappa shape index (κ3) is 3.07.